The largest absolute Gasteiger partial charge is 0.493 e. The van der Waals surface area contributed by atoms with Gasteiger partial charge in [-0.2, -0.15) is 0 Å². The first-order valence-electron chi connectivity index (χ1n) is 9.29. The molecular weight excluding hydrogens is 400 g/mol. The highest BCUT2D eigenvalue weighted by Crippen LogP contribution is 2.31. The summed E-state index contributed by atoms with van der Waals surface area (Å²) in [6.07, 6.45) is 1.77. The fourth-order valence-electron chi connectivity index (χ4n) is 3.02. The zero-order valence-electron chi connectivity index (χ0n) is 16.8. The van der Waals surface area contributed by atoms with Gasteiger partial charge in [-0.15, -0.1) is 12.4 Å². The van der Waals surface area contributed by atoms with Crippen molar-refractivity contribution in [2.75, 3.05) is 24.9 Å². The van der Waals surface area contributed by atoms with E-state index in [1.165, 1.54) is 5.56 Å². The Morgan fingerprint density at radius 1 is 0.833 bits per heavy atom. The Bertz CT molecular complexity index is 1110. The van der Waals surface area contributed by atoms with E-state index in [0.717, 1.165) is 28.8 Å². The van der Waals surface area contributed by atoms with Gasteiger partial charge in [-0.05, 0) is 35.9 Å². The number of methoxy groups -OCH3 is 2. The Labute approximate surface area is 181 Å². The lowest BCUT2D eigenvalue weighted by Crippen LogP contribution is -2.00. The van der Waals surface area contributed by atoms with E-state index in [1.807, 2.05) is 54.6 Å². The molecule has 0 saturated heterocycles. The Morgan fingerprint density at radius 3 is 2.20 bits per heavy atom. The minimum absolute atomic E-state index is 0. The molecule has 4 rings (SSSR count). The standard InChI is InChI=1S/C23H22N4O2.ClH/c1-28-21-12-17-15-25-23(27-20(17)13-22(21)29-2)26-19-10-8-18(9-11-19)24-14-16-6-4-3-5-7-16;/h3-13,15,24H,14H2,1-2H3,(H,25,26,27);1H. The zero-order chi connectivity index (χ0) is 20.1. The lowest BCUT2D eigenvalue weighted by Gasteiger charge is -2.11. The number of hydrogen-bond acceptors (Lipinski definition) is 6. The van der Waals surface area contributed by atoms with Gasteiger partial charge < -0.3 is 20.1 Å². The van der Waals surface area contributed by atoms with Crippen LogP contribution in [0, 0.1) is 0 Å². The summed E-state index contributed by atoms with van der Waals surface area (Å²) in [6, 6.07) is 22.1. The summed E-state index contributed by atoms with van der Waals surface area (Å²) in [4.78, 5) is 8.98. The molecule has 0 aliphatic rings. The molecule has 0 bridgehead atoms. The Kier molecular flexibility index (Phi) is 6.93. The predicted octanol–water partition coefficient (Wildman–Crippen LogP) is 5.42. The van der Waals surface area contributed by atoms with Crippen molar-refractivity contribution in [3.63, 3.8) is 0 Å². The molecule has 1 aromatic heterocycles. The summed E-state index contributed by atoms with van der Waals surface area (Å²) in [6.45, 7) is 0.784. The Hall–Kier alpha value is -3.51. The molecule has 0 spiro atoms. The van der Waals surface area contributed by atoms with E-state index < -0.39 is 0 Å². The van der Waals surface area contributed by atoms with Gasteiger partial charge in [-0.1, -0.05) is 30.3 Å². The van der Waals surface area contributed by atoms with Crippen LogP contribution in [-0.2, 0) is 6.54 Å². The number of benzene rings is 3. The van der Waals surface area contributed by atoms with E-state index in [-0.39, 0.29) is 12.4 Å². The van der Waals surface area contributed by atoms with Crippen molar-refractivity contribution in [3.8, 4) is 11.5 Å². The van der Waals surface area contributed by atoms with Crippen molar-refractivity contribution in [2.45, 2.75) is 6.54 Å². The van der Waals surface area contributed by atoms with Gasteiger partial charge in [0.25, 0.3) is 0 Å². The summed E-state index contributed by atoms with van der Waals surface area (Å²) in [5.41, 5.74) is 3.98. The number of hydrogen-bond donors (Lipinski definition) is 2. The third kappa shape index (κ3) is 4.90. The van der Waals surface area contributed by atoms with Gasteiger partial charge in [0.1, 0.15) is 0 Å². The van der Waals surface area contributed by atoms with E-state index in [2.05, 4.69) is 32.7 Å². The van der Waals surface area contributed by atoms with E-state index in [1.54, 1.807) is 20.4 Å². The van der Waals surface area contributed by atoms with Crippen LogP contribution < -0.4 is 20.1 Å². The molecule has 0 aliphatic heterocycles. The molecule has 0 fully saturated rings. The SMILES string of the molecule is COc1cc2cnc(Nc3ccc(NCc4ccccc4)cc3)nc2cc1OC.Cl. The van der Waals surface area contributed by atoms with Crippen LogP contribution in [0.4, 0.5) is 17.3 Å². The van der Waals surface area contributed by atoms with Crippen LogP contribution in [0.3, 0.4) is 0 Å². The highest BCUT2D eigenvalue weighted by molar-refractivity contribution is 5.85. The van der Waals surface area contributed by atoms with Crippen LogP contribution in [0.25, 0.3) is 10.9 Å². The molecule has 30 heavy (non-hydrogen) atoms. The lowest BCUT2D eigenvalue weighted by atomic mass is 10.2. The van der Waals surface area contributed by atoms with Gasteiger partial charge in [-0.3, -0.25) is 0 Å². The number of nitrogens with one attached hydrogen (secondary N) is 2. The van der Waals surface area contributed by atoms with Crippen molar-refractivity contribution in [1.82, 2.24) is 9.97 Å². The van der Waals surface area contributed by atoms with Gasteiger partial charge in [0.2, 0.25) is 5.95 Å². The van der Waals surface area contributed by atoms with Crippen LogP contribution >= 0.6 is 12.4 Å². The van der Waals surface area contributed by atoms with Crippen molar-refractivity contribution in [1.29, 1.82) is 0 Å². The average molecular weight is 423 g/mol. The lowest BCUT2D eigenvalue weighted by molar-refractivity contribution is 0.356. The van der Waals surface area contributed by atoms with Gasteiger partial charge in [-0.25, -0.2) is 9.97 Å². The van der Waals surface area contributed by atoms with E-state index >= 15 is 0 Å². The molecule has 154 valence electrons. The first-order chi connectivity index (χ1) is 14.2. The van der Waals surface area contributed by atoms with Gasteiger partial charge in [0.15, 0.2) is 11.5 Å². The molecule has 2 N–H and O–H groups in total. The maximum Gasteiger partial charge on any atom is 0.227 e. The summed E-state index contributed by atoms with van der Waals surface area (Å²) in [5, 5.41) is 7.54. The molecule has 0 amide bonds. The second-order valence-corrected chi connectivity index (χ2v) is 6.50. The monoisotopic (exact) mass is 422 g/mol. The van der Waals surface area contributed by atoms with Crippen molar-refractivity contribution < 1.29 is 9.47 Å². The molecule has 0 unspecified atom stereocenters. The third-order valence-corrected chi connectivity index (χ3v) is 4.57. The topological polar surface area (TPSA) is 68.3 Å². The number of nitrogens with zero attached hydrogens (tertiary/aromatic N) is 2. The maximum absolute atomic E-state index is 5.36. The highest BCUT2D eigenvalue weighted by Gasteiger charge is 2.08. The van der Waals surface area contributed by atoms with Crippen molar-refractivity contribution >= 4 is 40.6 Å². The molecule has 1 heterocycles. The van der Waals surface area contributed by atoms with E-state index in [4.69, 9.17) is 9.47 Å². The molecule has 0 saturated carbocycles. The summed E-state index contributed by atoms with van der Waals surface area (Å²) in [5.74, 6) is 1.82. The Balaban J connectivity index is 0.00000256. The van der Waals surface area contributed by atoms with Crippen LogP contribution in [0.1, 0.15) is 5.56 Å². The summed E-state index contributed by atoms with van der Waals surface area (Å²) < 4.78 is 10.7. The van der Waals surface area contributed by atoms with Crippen LogP contribution in [-0.4, -0.2) is 24.2 Å². The number of rotatable bonds is 7. The minimum Gasteiger partial charge on any atom is -0.493 e. The van der Waals surface area contributed by atoms with Crippen LogP contribution in [0.5, 0.6) is 11.5 Å². The fourth-order valence-corrected chi connectivity index (χ4v) is 3.02. The number of aromatic nitrogens is 2. The number of halogens is 1. The average Bonchev–Trinajstić information content (AvgIpc) is 2.78. The summed E-state index contributed by atoms with van der Waals surface area (Å²) >= 11 is 0. The third-order valence-electron chi connectivity index (χ3n) is 4.57. The molecule has 0 radical (unpaired) electrons. The molecule has 4 aromatic rings. The molecular formula is C23H23ClN4O2. The van der Waals surface area contributed by atoms with E-state index in [0.29, 0.717) is 17.4 Å². The molecule has 0 atom stereocenters. The zero-order valence-corrected chi connectivity index (χ0v) is 17.6. The molecule has 6 nitrogen and oxygen atoms in total. The smallest absolute Gasteiger partial charge is 0.227 e. The van der Waals surface area contributed by atoms with Gasteiger partial charge in [0.05, 0.1) is 19.7 Å². The van der Waals surface area contributed by atoms with Crippen molar-refractivity contribution in [3.05, 3.63) is 78.5 Å². The molecule has 7 heteroatoms. The fraction of sp³-hybridized carbons (Fsp3) is 0.130. The van der Waals surface area contributed by atoms with Gasteiger partial charge >= 0.3 is 0 Å². The molecule has 3 aromatic carbocycles. The van der Waals surface area contributed by atoms with Crippen molar-refractivity contribution in [2.24, 2.45) is 0 Å². The quantitative estimate of drug-likeness (QED) is 0.414. The normalized spacial score (nSPS) is 10.2. The summed E-state index contributed by atoms with van der Waals surface area (Å²) in [7, 11) is 3.22. The molecule has 0 aliphatic carbocycles. The highest BCUT2D eigenvalue weighted by atomic mass is 35.5. The van der Waals surface area contributed by atoms with E-state index in [9.17, 15) is 0 Å². The van der Waals surface area contributed by atoms with Gasteiger partial charge in [0, 0.05) is 35.6 Å². The number of ether oxygens (including phenoxy) is 2. The maximum atomic E-state index is 5.36. The number of anilines is 3. The minimum atomic E-state index is 0. The first kappa shape index (κ1) is 21.2. The first-order valence-corrected chi connectivity index (χ1v) is 9.29. The Morgan fingerprint density at radius 2 is 1.50 bits per heavy atom. The van der Waals surface area contributed by atoms with Crippen LogP contribution in [0.2, 0.25) is 0 Å². The second kappa shape index (κ2) is 9.80. The number of fused-ring (bicyclic) bond motifs is 1. The second-order valence-electron chi connectivity index (χ2n) is 6.50. The predicted molar refractivity (Wildman–Crippen MR) is 123 cm³/mol. The van der Waals surface area contributed by atoms with Crippen LogP contribution in [0.15, 0.2) is 72.9 Å².